The lowest BCUT2D eigenvalue weighted by Crippen LogP contribution is -2.38. The van der Waals surface area contributed by atoms with Gasteiger partial charge in [0.2, 0.25) is 0 Å². The van der Waals surface area contributed by atoms with E-state index in [0.717, 1.165) is 24.3 Å². The Balaban J connectivity index is 2.50. The van der Waals surface area contributed by atoms with Gasteiger partial charge in [-0.2, -0.15) is 0 Å². The molecule has 0 fully saturated rings. The largest absolute Gasteiger partial charge is 0.325 e. The van der Waals surface area contributed by atoms with Gasteiger partial charge < -0.3 is 5.73 Å². The highest BCUT2D eigenvalue weighted by atomic mass is 32.1. The van der Waals surface area contributed by atoms with E-state index in [-0.39, 0.29) is 5.54 Å². The van der Waals surface area contributed by atoms with E-state index in [0.29, 0.717) is 0 Å². The van der Waals surface area contributed by atoms with Crippen LogP contribution in [0.3, 0.4) is 0 Å². The van der Waals surface area contributed by atoms with Crippen molar-refractivity contribution in [3.05, 3.63) is 16.6 Å². The van der Waals surface area contributed by atoms with E-state index in [4.69, 9.17) is 5.73 Å². The fourth-order valence-electron chi connectivity index (χ4n) is 1.35. The lowest BCUT2D eigenvalue weighted by atomic mass is 9.94. The van der Waals surface area contributed by atoms with Gasteiger partial charge in [-0.15, -0.1) is 11.3 Å². The summed E-state index contributed by atoms with van der Waals surface area (Å²) in [5, 5.41) is 3.14. The Bertz CT molecular complexity index is 216. The molecule has 12 heavy (non-hydrogen) atoms. The van der Waals surface area contributed by atoms with Crippen LogP contribution in [0.4, 0.5) is 0 Å². The first-order valence-electron chi connectivity index (χ1n) is 4.31. The van der Waals surface area contributed by atoms with Gasteiger partial charge in [0, 0.05) is 23.5 Å². The third-order valence-electron chi connectivity index (χ3n) is 1.86. The van der Waals surface area contributed by atoms with Gasteiger partial charge in [0.1, 0.15) is 0 Å². The zero-order valence-corrected chi connectivity index (χ0v) is 8.53. The molecule has 0 aliphatic carbocycles. The summed E-state index contributed by atoms with van der Waals surface area (Å²) >= 11 is 1.68. The van der Waals surface area contributed by atoms with Crippen LogP contribution >= 0.6 is 11.3 Å². The molecular formula is C9H16N2S. The lowest BCUT2D eigenvalue weighted by Gasteiger charge is -2.22. The zero-order valence-electron chi connectivity index (χ0n) is 7.71. The minimum Gasteiger partial charge on any atom is -0.325 e. The Morgan fingerprint density at radius 3 is 2.92 bits per heavy atom. The predicted octanol–water partition coefficient (Wildman–Crippen LogP) is 2.20. The molecule has 1 rings (SSSR count). The summed E-state index contributed by atoms with van der Waals surface area (Å²) in [7, 11) is 0. The molecule has 1 heterocycles. The predicted molar refractivity (Wildman–Crippen MR) is 53.3 cm³/mol. The normalized spacial score (nSPS) is 15.9. The number of nitrogens with zero attached hydrogens (tertiary/aromatic N) is 1. The molecule has 0 aliphatic rings. The Kier molecular flexibility index (Phi) is 3.23. The van der Waals surface area contributed by atoms with Crippen molar-refractivity contribution in [1.82, 2.24) is 4.98 Å². The van der Waals surface area contributed by atoms with Gasteiger partial charge in [0.15, 0.2) is 0 Å². The first kappa shape index (κ1) is 9.68. The lowest BCUT2D eigenvalue weighted by molar-refractivity contribution is 0.424. The first-order valence-corrected chi connectivity index (χ1v) is 5.19. The quantitative estimate of drug-likeness (QED) is 0.779. The minimum absolute atomic E-state index is 0.0768. The average Bonchev–Trinajstić information content (AvgIpc) is 2.38. The van der Waals surface area contributed by atoms with Gasteiger partial charge >= 0.3 is 0 Å². The Morgan fingerprint density at radius 1 is 1.67 bits per heavy atom. The molecule has 1 unspecified atom stereocenters. The second-order valence-corrected chi connectivity index (χ2v) is 4.49. The highest BCUT2D eigenvalue weighted by molar-refractivity contribution is 7.09. The Morgan fingerprint density at radius 2 is 2.42 bits per heavy atom. The minimum atomic E-state index is -0.0768. The van der Waals surface area contributed by atoms with E-state index in [1.54, 1.807) is 11.3 Å². The summed E-state index contributed by atoms with van der Waals surface area (Å²) in [5.74, 6) is 0. The van der Waals surface area contributed by atoms with Gasteiger partial charge in [0.25, 0.3) is 0 Å². The van der Waals surface area contributed by atoms with Crippen LogP contribution in [0.2, 0.25) is 0 Å². The van der Waals surface area contributed by atoms with Crippen LogP contribution < -0.4 is 5.73 Å². The molecule has 1 aromatic heterocycles. The standard InChI is InChI=1S/C9H16N2S/c1-3-4-9(2,10)7-8-11-5-6-12-8/h5-6H,3-4,7,10H2,1-2H3. The molecule has 2 N–H and O–H groups in total. The second kappa shape index (κ2) is 4.01. The summed E-state index contributed by atoms with van der Waals surface area (Å²) in [6, 6.07) is 0. The topological polar surface area (TPSA) is 38.9 Å². The van der Waals surface area contributed by atoms with E-state index in [9.17, 15) is 0 Å². The summed E-state index contributed by atoms with van der Waals surface area (Å²) < 4.78 is 0. The van der Waals surface area contributed by atoms with Crippen LogP contribution in [0, 0.1) is 0 Å². The molecule has 2 nitrogen and oxygen atoms in total. The average molecular weight is 184 g/mol. The molecule has 0 bridgehead atoms. The fraction of sp³-hybridized carbons (Fsp3) is 0.667. The summed E-state index contributed by atoms with van der Waals surface area (Å²) in [6.07, 6.45) is 4.94. The van der Waals surface area contributed by atoms with E-state index in [2.05, 4.69) is 18.8 Å². The third-order valence-corrected chi connectivity index (χ3v) is 2.64. The summed E-state index contributed by atoms with van der Waals surface area (Å²) in [6.45, 7) is 4.25. The first-order chi connectivity index (χ1) is 5.64. The van der Waals surface area contributed by atoms with Crippen molar-refractivity contribution in [3.63, 3.8) is 0 Å². The van der Waals surface area contributed by atoms with Gasteiger partial charge in [-0.05, 0) is 13.3 Å². The van der Waals surface area contributed by atoms with Crippen molar-refractivity contribution in [1.29, 1.82) is 0 Å². The third kappa shape index (κ3) is 2.91. The van der Waals surface area contributed by atoms with Crippen molar-refractivity contribution >= 4 is 11.3 Å². The van der Waals surface area contributed by atoms with E-state index < -0.39 is 0 Å². The number of aromatic nitrogens is 1. The molecule has 3 heteroatoms. The van der Waals surface area contributed by atoms with Crippen molar-refractivity contribution in [2.45, 2.75) is 38.6 Å². The molecule has 0 aliphatic heterocycles. The summed E-state index contributed by atoms with van der Waals surface area (Å²) in [4.78, 5) is 4.22. The number of thiazole rings is 1. The van der Waals surface area contributed by atoms with Gasteiger partial charge in [0.05, 0.1) is 5.01 Å². The maximum atomic E-state index is 6.09. The smallest absolute Gasteiger partial charge is 0.0943 e. The van der Waals surface area contributed by atoms with Gasteiger partial charge in [-0.3, -0.25) is 0 Å². The maximum absolute atomic E-state index is 6.09. The van der Waals surface area contributed by atoms with Crippen LogP contribution in [0.5, 0.6) is 0 Å². The maximum Gasteiger partial charge on any atom is 0.0943 e. The van der Waals surface area contributed by atoms with E-state index in [1.807, 2.05) is 11.6 Å². The Labute approximate surface area is 77.8 Å². The number of rotatable bonds is 4. The van der Waals surface area contributed by atoms with E-state index >= 15 is 0 Å². The highest BCUT2D eigenvalue weighted by Crippen LogP contribution is 2.17. The molecule has 68 valence electrons. The van der Waals surface area contributed by atoms with Gasteiger partial charge in [-0.25, -0.2) is 4.98 Å². The molecule has 1 aromatic rings. The molecule has 0 spiro atoms. The number of hydrogen-bond donors (Lipinski definition) is 1. The van der Waals surface area contributed by atoms with Crippen LogP contribution in [0.15, 0.2) is 11.6 Å². The highest BCUT2D eigenvalue weighted by Gasteiger charge is 2.18. The second-order valence-electron chi connectivity index (χ2n) is 3.51. The van der Waals surface area contributed by atoms with Crippen molar-refractivity contribution in [2.24, 2.45) is 5.73 Å². The molecule has 0 radical (unpaired) electrons. The monoisotopic (exact) mass is 184 g/mol. The van der Waals surface area contributed by atoms with Crippen molar-refractivity contribution in [3.8, 4) is 0 Å². The SMILES string of the molecule is CCCC(C)(N)Cc1nccs1. The molecular weight excluding hydrogens is 168 g/mol. The molecule has 0 saturated heterocycles. The molecule has 0 aromatic carbocycles. The van der Waals surface area contributed by atoms with E-state index in [1.165, 1.54) is 0 Å². The van der Waals surface area contributed by atoms with Crippen LogP contribution in [0.25, 0.3) is 0 Å². The fourth-order valence-corrected chi connectivity index (χ4v) is 2.16. The molecule has 0 saturated carbocycles. The van der Waals surface area contributed by atoms with Crippen LogP contribution in [0.1, 0.15) is 31.7 Å². The van der Waals surface area contributed by atoms with Crippen LogP contribution in [-0.4, -0.2) is 10.5 Å². The zero-order chi connectivity index (χ0) is 9.03. The number of nitrogens with two attached hydrogens (primary N) is 1. The van der Waals surface area contributed by atoms with Crippen molar-refractivity contribution in [2.75, 3.05) is 0 Å². The van der Waals surface area contributed by atoms with Gasteiger partial charge in [-0.1, -0.05) is 13.3 Å². The Hall–Kier alpha value is -0.410. The molecule has 0 amide bonds. The van der Waals surface area contributed by atoms with Crippen LogP contribution in [-0.2, 0) is 6.42 Å². The molecule has 1 atom stereocenters. The van der Waals surface area contributed by atoms with Crippen molar-refractivity contribution < 1.29 is 0 Å². The summed E-state index contributed by atoms with van der Waals surface area (Å²) in [5.41, 5.74) is 6.01. The number of hydrogen-bond acceptors (Lipinski definition) is 3.